The SMILES string of the molecule is CN=C(NCc1nnc(C)n1C)NCC(C)c1ccc(C)cc1. The predicted octanol–water partition coefficient (Wildman–Crippen LogP) is 1.90. The smallest absolute Gasteiger partial charge is 0.191 e. The Hall–Kier alpha value is -2.37. The molecule has 23 heavy (non-hydrogen) atoms. The summed E-state index contributed by atoms with van der Waals surface area (Å²) in [6.07, 6.45) is 0. The van der Waals surface area contributed by atoms with Crippen molar-refractivity contribution in [3.8, 4) is 0 Å². The largest absolute Gasteiger partial charge is 0.356 e. The summed E-state index contributed by atoms with van der Waals surface area (Å²) in [5.74, 6) is 2.96. The number of aromatic nitrogens is 3. The molecule has 6 nitrogen and oxygen atoms in total. The van der Waals surface area contributed by atoms with E-state index in [0.29, 0.717) is 12.5 Å². The molecule has 0 amide bonds. The van der Waals surface area contributed by atoms with Crippen LogP contribution in [0.1, 0.15) is 35.6 Å². The molecule has 2 rings (SSSR count). The van der Waals surface area contributed by atoms with Crippen LogP contribution in [-0.4, -0.2) is 34.3 Å². The van der Waals surface area contributed by atoms with E-state index in [1.165, 1.54) is 11.1 Å². The second-order valence-corrected chi connectivity index (χ2v) is 5.84. The van der Waals surface area contributed by atoms with Gasteiger partial charge in [-0.2, -0.15) is 0 Å². The quantitative estimate of drug-likeness (QED) is 0.653. The molecule has 2 N–H and O–H groups in total. The van der Waals surface area contributed by atoms with Gasteiger partial charge < -0.3 is 15.2 Å². The fourth-order valence-corrected chi connectivity index (χ4v) is 2.25. The minimum Gasteiger partial charge on any atom is -0.356 e. The van der Waals surface area contributed by atoms with Crippen LogP contribution in [0, 0.1) is 13.8 Å². The molecule has 1 aromatic heterocycles. The number of rotatable bonds is 5. The maximum Gasteiger partial charge on any atom is 0.191 e. The summed E-state index contributed by atoms with van der Waals surface area (Å²) in [6, 6.07) is 8.66. The molecule has 0 aliphatic heterocycles. The number of guanidine groups is 1. The molecule has 0 radical (unpaired) electrons. The third kappa shape index (κ3) is 4.55. The fraction of sp³-hybridized carbons (Fsp3) is 0.471. The van der Waals surface area contributed by atoms with Gasteiger partial charge in [0.05, 0.1) is 6.54 Å². The van der Waals surface area contributed by atoms with E-state index in [4.69, 9.17) is 0 Å². The van der Waals surface area contributed by atoms with Gasteiger partial charge in [0.25, 0.3) is 0 Å². The van der Waals surface area contributed by atoms with E-state index in [-0.39, 0.29) is 0 Å². The van der Waals surface area contributed by atoms with Gasteiger partial charge in [0, 0.05) is 20.6 Å². The van der Waals surface area contributed by atoms with Gasteiger partial charge in [-0.05, 0) is 25.3 Å². The van der Waals surface area contributed by atoms with Crippen LogP contribution in [0.15, 0.2) is 29.3 Å². The predicted molar refractivity (Wildman–Crippen MR) is 93.5 cm³/mol. The Morgan fingerprint density at radius 3 is 2.43 bits per heavy atom. The third-order valence-corrected chi connectivity index (χ3v) is 4.04. The average molecular weight is 314 g/mol. The lowest BCUT2D eigenvalue weighted by Gasteiger charge is -2.16. The molecule has 1 unspecified atom stereocenters. The van der Waals surface area contributed by atoms with Crippen molar-refractivity contribution >= 4 is 5.96 Å². The van der Waals surface area contributed by atoms with E-state index in [0.717, 1.165) is 24.2 Å². The van der Waals surface area contributed by atoms with Crippen molar-refractivity contribution in [2.75, 3.05) is 13.6 Å². The molecule has 0 fully saturated rings. The first-order valence-corrected chi connectivity index (χ1v) is 7.87. The van der Waals surface area contributed by atoms with Gasteiger partial charge in [-0.1, -0.05) is 36.8 Å². The third-order valence-electron chi connectivity index (χ3n) is 4.04. The van der Waals surface area contributed by atoms with Crippen LogP contribution in [0.25, 0.3) is 0 Å². The highest BCUT2D eigenvalue weighted by molar-refractivity contribution is 5.79. The zero-order valence-electron chi connectivity index (χ0n) is 14.6. The number of hydrogen-bond acceptors (Lipinski definition) is 3. The molecule has 0 bridgehead atoms. The number of benzene rings is 1. The molecule has 0 spiro atoms. The van der Waals surface area contributed by atoms with E-state index < -0.39 is 0 Å². The molecular weight excluding hydrogens is 288 g/mol. The van der Waals surface area contributed by atoms with Crippen LogP contribution < -0.4 is 10.6 Å². The molecule has 2 aromatic rings. The van der Waals surface area contributed by atoms with Gasteiger partial charge in [-0.25, -0.2) is 0 Å². The van der Waals surface area contributed by atoms with Crippen LogP contribution in [0.2, 0.25) is 0 Å². The van der Waals surface area contributed by atoms with E-state index in [1.54, 1.807) is 7.05 Å². The molecule has 0 saturated heterocycles. The van der Waals surface area contributed by atoms with E-state index in [9.17, 15) is 0 Å². The monoisotopic (exact) mass is 314 g/mol. The van der Waals surface area contributed by atoms with E-state index >= 15 is 0 Å². The Labute approximate surface area is 138 Å². The van der Waals surface area contributed by atoms with Crippen molar-refractivity contribution in [1.29, 1.82) is 0 Å². The highest BCUT2D eigenvalue weighted by Gasteiger charge is 2.08. The molecule has 0 saturated carbocycles. The Morgan fingerprint density at radius 1 is 1.17 bits per heavy atom. The van der Waals surface area contributed by atoms with Crippen molar-refractivity contribution in [3.05, 3.63) is 47.0 Å². The maximum absolute atomic E-state index is 4.26. The number of nitrogens with one attached hydrogen (secondary N) is 2. The van der Waals surface area contributed by atoms with E-state index in [2.05, 4.69) is 63.9 Å². The van der Waals surface area contributed by atoms with E-state index in [1.807, 2.05) is 18.5 Å². The van der Waals surface area contributed by atoms with Crippen molar-refractivity contribution < 1.29 is 0 Å². The van der Waals surface area contributed by atoms with Crippen LogP contribution in [0.4, 0.5) is 0 Å². The normalized spacial score (nSPS) is 13.0. The molecule has 124 valence electrons. The van der Waals surface area contributed by atoms with Crippen molar-refractivity contribution in [2.24, 2.45) is 12.0 Å². The Kier molecular flexibility index (Phi) is 5.73. The highest BCUT2D eigenvalue weighted by atomic mass is 15.3. The zero-order valence-corrected chi connectivity index (χ0v) is 14.6. The average Bonchev–Trinajstić information content (AvgIpc) is 2.87. The number of aliphatic imine (C=N–C) groups is 1. The molecule has 0 aliphatic carbocycles. The lowest BCUT2D eigenvalue weighted by molar-refractivity contribution is 0.681. The molecular formula is C17H26N6. The second-order valence-electron chi connectivity index (χ2n) is 5.84. The summed E-state index contributed by atoms with van der Waals surface area (Å²) >= 11 is 0. The van der Waals surface area contributed by atoms with Crippen molar-refractivity contribution in [1.82, 2.24) is 25.4 Å². The summed E-state index contributed by atoms with van der Waals surface area (Å²) in [5, 5.41) is 14.8. The minimum atomic E-state index is 0.409. The van der Waals surface area contributed by atoms with Gasteiger partial charge in [-0.3, -0.25) is 4.99 Å². The molecule has 1 heterocycles. The van der Waals surface area contributed by atoms with Gasteiger partial charge in [-0.15, -0.1) is 10.2 Å². The molecule has 6 heteroatoms. The van der Waals surface area contributed by atoms with Gasteiger partial charge in [0.1, 0.15) is 5.82 Å². The lowest BCUT2D eigenvalue weighted by atomic mass is 10.0. The Bertz CT molecular complexity index is 656. The first-order valence-electron chi connectivity index (χ1n) is 7.87. The van der Waals surface area contributed by atoms with Crippen LogP contribution >= 0.6 is 0 Å². The zero-order chi connectivity index (χ0) is 16.8. The van der Waals surface area contributed by atoms with Crippen molar-refractivity contribution in [2.45, 2.75) is 33.2 Å². The van der Waals surface area contributed by atoms with Gasteiger partial charge in [0.2, 0.25) is 0 Å². The summed E-state index contributed by atoms with van der Waals surface area (Å²) in [7, 11) is 3.73. The van der Waals surface area contributed by atoms with Crippen molar-refractivity contribution in [3.63, 3.8) is 0 Å². The number of nitrogens with zero attached hydrogens (tertiary/aromatic N) is 4. The van der Waals surface area contributed by atoms with Gasteiger partial charge >= 0.3 is 0 Å². The molecule has 1 aromatic carbocycles. The summed E-state index contributed by atoms with van der Waals surface area (Å²) < 4.78 is 1.97. The highest BCUT2D eigenvalue weighted by Crippen LogP contribution is 2.14. The summed E-state index contributed by atoms with van der Waals surface area (Å²) in [6.45, 7) is 7.66. The fourth-order valence-electron chi connectivity index (χ4n) is 2.25. The van der Waals surface area contributed by atoms with Crippen LogP contribution in [0.5, 0.6) is 0 Å². The standard InChI is InChI=1S/C17H26N6/c1-12-6-8-15(9-7-12)13(2)10-19-17(18-4)20-11-16-22-21-14(3)23(16)5/h6-9,13H,10-11H2,1-5H3,(H2,18,19,20). The first kappa shape index (κ1) is 17.0. The molecule has 1 atom stereocenters. The topological polar surface area (TPSA) is 67.1 Å². The first-order chi connectivity index (χ1) is 11.0. The Balaban J connectivity index is 1.85. The second kappa shape index (κ2) is 7.76. The number of aryl methyl sites for hydroxylation is 2. The van der Waals surface area contributed by atoms with Crippen LogP contribution in [0.3, 0.4) is 0 Å². The van der Waals surface area contributed by atoms with Crippen LogP contribution in [-0.2, 0) is 13.6 Å². The minimum absolute atomic E-state index is 0.409. The summed E-state index contributed by atoms with van der Waals surface area (Å²) in [5.41, 5.74) is 2.60. The lowest BCUT2D eigenvalue weighted by Crippen LogP contribution is -2.39. The molecule has 0 aliphatic rings. The summed E-state index contributed by atoms with van der Waals surface area (Å²) in [4.78, 5) is 4.26. The Morgan fingerprint density at radius 2 is 1.87 bits per heavy atom. The van der Waals surface area contributed by atoms with Gasteiger partial charge in [0.15, 0.2) is 11.8 Å². The number of hydrogen-bond donors (Lipinski definition) is 2. The maximum atomic E-state index is 4.26.